The molecule has 1 saturated carbocycles. The largest absolute Gasteiger partial charge is 0.460 e. The van der Waals surface area contributed by atoms with Crippen LogP contribution in [0.2, 0.25) is 0 Å². The van der Waals surface area contributed by atoms with Crippen LogP contribution >= 0.6 is 0 Å². The van der Waals surface area contributed by atoms with E-state index in [0.717, 1.165) is 0 Å². The van der Waals surface area contributed by atoms with Crippen LogP contribution in [0.3, 0.4) is 0 Å². The Balaban J connectivity index is 1.90. The van der Waals surface area contributed by atoms with Crippen molar-refractivity contribution in [2.24, 2.45) is 28.6 Å². The van der Waals surface area contributed by atoms with Crippen molar-refractivity contribution in [1.29, 1.82) is 0 Å². The lowest BCUT2D eigenvalue weighted by Gasteiger charge is -2.67. The van der Waals surface area contributed by atoms with Crippen molar-refractivity contribution < 1.29 is 24.2 Å². The van der Waals surface area contributed by atoms with E-state index in [1.54, 1.807) is 0 Å². The zero-order chi connectivity index (χ0) is 20.5. The van der Waals surface area contributed by atoms with Crippen LogP contribution in [0.25, 0.3) is 0 Å². The molecular formula is C23H30O5. The molecule has 5 heteroatoms. The second-order valence-corrected chi connectivity index (χ2v) is 9.68. The molecule has 1 aliphatic carbocycles. The van der Waals surface area contributed by atoms with Crippen molar-refractivity contribution in [3.05, 3.63) is 35.9 Å². The zero-order valence-electron chi connectivity index (χ0n) is 17.3. The normalized spacial score (nSPS) is 42.4. The highest BCUT2D eigenvalue weighted by Crippen LogP contribution is 2.69. The topological polar surface area (TPSA) is 72.8 Å². The van der Waals surface area contributed by atoms with Crippen molar-refractivity contribution >= 4 is 11.9 Å². The molecule has 2 aliphatic heterocycles. The van der Waals surface area contributed by atoms with Gasteiger partial charge in [0.2, 0.25) is 0 Å². The molecule has 1 aromatic carbocycles. The number of benzene rings is 1. The molecule has 1 aromatic rings. The molecule has 0 unspecified atom stereocenters. The number of esters is 2. The molecule has 0 bridgehead atoms. The molecule has 3 fully saturated rings. The summed E-state index contributed by atoms with van der Waals surface area (Å²) in [6.45, 7) is 10.0. The van der Waals surface area contributed by atoms with Gasteiger partial charge in [0, 0.05) is 0 Å². The summed E-state index contributed by atoms with van der Waals surface area (Å²) < 4.78 is 11.1. The summed E-state index contributed by atoms with van der Waals surface area (Å²) in [7, 11) is 0. The smallest absolute Gasteiger partial charge is 0.319 e. The van der Waals surface area contributed by atoms with Crippen LogP contribution in [-0.4, -0.2) is 29.3 Å². The second-order valence-electron chi connectivity index (χ2n) is 9.68. The van der Waals surface area contributed by atoms with Gasteiger partial charge in [-0.25, -0.2) is 0 Å². The fraction of sp³-hybridized carbons (Fsp3) is 0.652. The maximum atomic E-state index is 13.1. The number of carbonyl (C=O) groups excluding carboxylic acids is 2. The minimum Gasteiger partial charge on any atom is -0.460 e. The molecule has 2 spiro atoms. The number of hydrogen-bond acceptors (Lipinski definition) is 5. The average molecular weight is 386 g/mol. The quantitative estimate of drug-likeness (QED) is 0.806. The molecule has 3 aliphatic rings. The van der Waals surface area contributed by atoms with Gasteiger partial charge >= 0.3 is 11.9 Å². The average Bonchev–Trinajstić information content (AvgIpc) is 2.65. The van der Waals surface area contributed by atoms with E-state index in [0.29, 0.717) is 12.0 Å². The van der Waals surface area contributed by atoms with Crippen LogP contribution in [0.15, 0.2) is 30.3 Å². The lowest BCUT2D eigenvalue weighted by Crippen LogP contribution is -2.77. The summed E-state index contributed by atoms with van der Waals surface area (Å²) in [5.74, 6) is -0.755. The third-order valence-electron chi connectivity index (χ3n) is 7.35. The maximum absolute atomic E-state index is 13.1. The summed E-state index contributed by atoms with van der Waals surface area (Å²) >= 11 is 0. The van der Waals surface area contributed by atoms with Crippen LogP contribution in [0.4, 0.5) is 0 Å². The Labute approximate surface area is 166 Å². The van der Waals surface area contributed by atoms with Gasteiger partial charge in [0.05, 0.1) is 0 Å². The molecule has 1 N–H and O–H groups in total. The van der Waals surface area contributed by atoms with Crippen molar-refractivity contribution in [3.8, 4) is 0 Å². The molecule has 152 valence electrons. The van der Waals surface area contributed by atoms with Crippen molar-refractivity contribution in [3.63, 3.8) is 0 Å². The monoisotopic (exact) mass is 386 g/mol. The van der Waals surface area contributed by atoms with E-state index >= 15 is 0 Å². The van der Waals surface area contributed by atoms with Gasteiger partial charge in [-0.15, -0.1) is 0 Å². The van der Waals surface area contributed by atoms with Gasteiger partial charge in [-0.1, -0.05) is 65.0 Å². The van der Waals surface area contributed by atoms with Gasteiger partial charge in [-0.05, 0) is 36.2 Å². The molecule has 6 atom stereocenters. The van der Waals surface area contributed by atoms with Crippen LogP contribution in [0, 0.1) is 28.6 Å². The highest BCUT2D eigenvalue weighted by atomic mass is 16.6. The van der Waals surface area contributed by atoms with E-state index in [4.69, 9.17) is 9.47 Å². The molecule has 2 heterocycles. The number of ether oxygens (including phenoxy) is 2. The predicted octanol–water partition coefficient (Wildman–Crippen LogP) is 3.44. The van der Waals surface area contributed by atoms with Crippen molar-refractivity contribution in [2.75, 3.05) is 0 Å². The minimum atomic E-state index is -1.39. The van der Waals surface area contributed by atoms with Gasteiger partial charge in [0.1, 0.15) is 28.6 Å². The van der Waals surface area contributed by atoms with Crippen LogP contribution in [0.1, 0.15) is 53.0 Å². The third kappa shape index (κ3) is 2.11. The SMILES string of the molecule is CC(C)[C@@H]1OC(=O)[C@]12C[C@@H](C)[C@](O)(c1ccccc1)[C@]1(C2)C(=O)O[C@H]1C(C)C. The molecule has 2 saturated heterocycles. The number of hydrogen-bond donors (Lipinski definition) is 1. The Hall–Kier alpha value is -1.88. The molecule has 28 heavy (non-hydrogen) atoms. The first-order valence-electron chi connectivity index (χ1n) is 10.3. The first-order valence-corrected chi connectivity index (χ1v) is 10.3. The fourth-order valence-corrected chi connectivity index (χ4v) is 6.25. The summed E-state index contributed by atoms with van der Waals surface area (Å²) in [4.78, 5) is 25.9. The van der Waals surface area contributed by atoms with E-state index in [2.05, 4.69) is 0 Å². The van der Waals surface area contributed by atoms with Crippen LogP contribution in [0.5, 0.6) is 0 Å². The minimum absolute atomic E-state index is 0.0314. The third-order valence-corrected chi connectivity index (χ3v) is 7.35. The van der Waals surface area contributed by atoms with E-state index < -0.39 is 28.5 Å². The fourth-order valence-electron chi connectivity index (χ4n) is 6.25. The summed E-state index contributed by atoms with van der Waals surface area (Å²) in [6.07, 6.45) is 0.103. The molecular weight excluding hydrogens is 356 g/mol. The molecule has 0 radical (unpaired) electrons. The predicted molar refractivity (Wildman–Crippen MR) is 103 cm³/mol. The van der Waals surface area contributed by atoms with E-state index in [1.165, 1.54) is 0 Å². The van der Waals surface area contributed by atoms with Crippen LogP contribution < -0.4 is 0 Å². The Morgan fingerprint density at radius 3 is 2.04 bits per heavy atom. The van der Waals surface area contributed by atoms with Gasteiger partial charge in [-0.2, -0.15) is 0 Å². The Bertz CT molecular complexity index is 802. The van der Waals surface area contributed by atoms with E-state index in [9.17, 15) is 14.7 Å². The Kier molecular flexibility index (Phi) is 4.20. The van der Waals surface area contributed by atoms with Crippen molar-refractivity contribution in [2.45, 2.75) is 65.3 Å². The van der Waals surface area contributed by atoms with Gasteiger partial charge < -0.3 is 14.6 Å². The molecule has 0 aromatic heterocycles. The molecule has 4 rings (SSSR count). The van der Waals surface area contributed by atoms with Crippen LogP contribution in [-0.2, 0) is 24.7 Å². The number of cyclic esters (lactones) is 2. The summed E-state index contributed by atoms with van der Waals surface area (Å²) in [6, 6.07) is 9.39. The Morgan fingerprint density at radius 2 is 1.54 bits per heavy atom. The standard InChI is InChI=1S/C23H30O5/c1-13(2)17-21(19(24)27-17)11-15(5)23(26,16-9-7-6-8-10-16)22(12-21)18(14(3)4)28-20(22)25/h6-10,13-15,17-18,26H,11-12H2,1-5H3/t15-,17+,18+,21+,22+,23+/m1/s1. The van der Waals surface area contributed by atoms with Gasteiger partial charge in [-0.3, -0.25) is 9.59 Å². The number of aliphatic hydroxyl groups is 1. The first-order chi connectivity index (χ1) is 13.1. The lowest BCUT2D eigenvalue weighted by atomic mass is 9.43. The number of rotatable bonds is 3. The van der Waals surface area contributed by atoms with E-state index in [-0.39, 0.29) is 36.2 Å². The van der Waals surface area contributed by atoms with Gasteiger partial charge in [0.15, 0.2) is 0 Å². The molecule has 5 nitrogen and oxygen atoms in total. The second kappa shape index (κ2) is 6.06. The highest BCUT2D eigenvalue weighted by molar-refractivity contribution is 5.90. The van der Waals surface area contributed by atoms with Crippen molar-refractivity contribution in [1.82, 2.24) is 0 Å². The summed E-state index contributed by atoms with van der Waals surface area (Å²) in [5.41, 5.74) is -2.55. The molecule has 0 amide bonds. The summed E-state index contributed by atoms with van der Waals surface area (Å²) in [5, 5.41) is 12.2. The Morgan fingerprint density at radius 1 is 0.964 bits per heavy atom. The zero-order valence-corrected chi connectivity index (χ0v) is 17.3. The van der Waals surface area contributed by atoms with Gasteiger partial charge in [0.25, 0.3) is 0 Å². The number of carbonyl (C=O) groups is 2. The highest BCUT2D eigenvalue weighted by Gasteiger charge is 2.80. The lowest BCUT2D eigenvalue weighted by molar-refractivity contribution is -0.315. The maximum Gasteiger partial charge on any atom is 0.319 e. The van der Waals surface area contributed by atoms with E-state index in [1.807, 2.05) is 65.0 Å². The first kappa shape index (κ1) is 19.4.